The van der Waals surface area contributed by atoms with E-state index in [4.69, 9.17) is 0 Å². The van der Waals surface area contributed by atoms with E-state index in [0.29, 0.717) is 19.0 Å². The molecule has 2 N–H and O–H groups in total. The summed E-state index contributed by atoms with van der Waals surface area (Å²) in [5, 5.41) is 5.29. The number of hydrogen-bond acceptors (Lipinski definition) is 4. The van der Waals surface area contributed by atoms with Gasteiger partial charge in [0, 0.05) is 32.1 Å². The fourth-order valence-corrected chi connectivity index (χ4v) is 4.51. The van der Waals surface area contributed by atoms with Crippen LogP contribution in [0, 0.1) is 0 Å². The zero-order valence-electron chi connectivity index (χ0n) is 17.7. The minimum atomic E-state index is 0. The van der Waals surface area contributed by atoms with Gasteiger partial charge in [0.15, 0.2) is 5.96 Å². The molecule has 4 rings (SSSR count). The number of fused-ring (bicyclic) bond motifs is 1. The van der Waals surface area contributed by atoms with E-state index in [-0.39, 0.29) is 36.4 Å². The second-order valence-electron chi connectivity index (χ2n) is 7.30. The van der Waals surface area contributed by atoms with Crippen molar-refractivity contribution in [2.75, 3.05) is 27.2 Å². The molecule has 3 aromatic rings. The smallest absolute Gasteiger partial charge is 0.242 e. The fourth-order valence-electron chi connectivity index (χ4n) is 3.62. The number of aromatic amines is 1. The van der Waals surface area contributed by atoms with Crippen molar-refractivity contribution in [2.45, 2.75) is 19.5 Å². The Balaban J connectivity index is 0.00000272. The van der Waals surface area contributed by atoms with Gasteiger partial charge >= 0.3 is 0 Å². The monoisotopic (exact) mass is 550 g/mol. The summed E-state index contributed by atoms with van der Waals surface area (Å²) in [6, 6.07) is 12.2. The standard InChI is InChI=1S/C22H26N6OS.HI/c1-23-22(25-13-21(29)28-10-8-19-17(14-28)9-11-30-19)27(2)15-20-24-12-18(26-20)16-6-4-3-5-7-16;/h3-7,9,11-12H,8,10,13-15H2,1-2H3,(H,23,25)(H,24,26);1H. The predicted octanol–water partition coefficient (Wildman–Crippen LogP) is 3.35. The van der Waals surface area contributed by atoms with E-state index in [2.05, 4.69) is 31.7 Å². The van der Waals surface area contributed by atoms with Crippen molar-refractivity contribution in [1.29, 1.82) is 0 Å². The Morgan fingerprint density at radius 1 is 1.32 bits per heavy atom. The molecule has 1 aliphatic heterocycles. The molecule has 0 saturated carbocycles. The molecule has 164 valence electrons. The summed E-state index contributed by atoms with van der Waals surface area (Å²) in [5.41, 5.74) is 3.35. The lowest BCUT2D eigenvalue weighted by Crippen LogP contribution is -2.46. The Labute approximate surface area is 203 Å². The maximum Gasteiger partial charge on any atom is 0.242 e. The highest BCUT2D eigenvalue weighted by Crippen LogP contribution is 2.23. The van der Waals surface area contributed by atoms with Crippen LogP contribution in [0.5, 0.6) is 0 Å². The van der Waals surface area contributed by atoms with Crippen LogP contribution in [-0.2, 0) is 24.3 Å². The lowest BCUT2D eigenvalue weighted by Gasteiger charge is -2.28. The van der Waals surface area contributed by atoms with E-state index in [1.807, 2.05) is 53.4 Å². The first-order chi connectivity index (χ1) is 14.6. The SMILES string of the molecule is CN=C(NCC(=O)N1CCc2sccc2C1)N(C)Cc1ncc(-c2ccccc2)[nH]1.I. The van der Waals surface area contributed by atoms with Crippen LogP contribution in [0.1, 0.15) is 16.3 Å². The Kier molecular flexibility index (Phi) is 8.08. The molecule has 7 nitrogen and oxygen atoms in total. The average molecular weight is 550 g/mol. The molecule has 3 heterocycles. The lowest BCUT2D eigenvalue weighted by molar-refractivity contribution is -0.130. The van der Waals surface area contributed by atoms with Crippen LogP contribution in [0.2, 0.25) is 0 Å². The minimum Gasteiger partial charge on any atom is -0.347 e. The van der Waals surface area contributed by atoms with Crippen LogP contribution in [-0.4, -0.2) is 58.8 Å². The van der Waals surface area contributed by atoms with Gasteiger partial charge in [0.2, 0.25) is 5.91 Å². The summed E-state index contributed by atoms with van der Waals surface area (Å²) >= 11 is 1.78. The number of carbonyl (C=O) groups excluding carboxylic acids is 1. The van der Waals surface area contributed by atoms with Crippen LogP contribution in [0.15, 0.2) is 53.0 Å². The van der Waals surface area contributed by atoms with Gasteiger partial charge in [0.05, 0.1) is 25.0 Å². The Bertz CT molecular complexity index is 1030. The molecule has 1 aromatic carbocycles. The van der Waals surface area contributed by atoms with E-state index in [1.165, 1.54) is 10.4 Å². The number of benzene rings is 1. The Hall–Kier alpha value is -2.40. The average Bonchev–Trinajstić information content (AvgIpc) is 3.43. The van der Waals surface area contributed by atoms with Gasteiger partial charge in [-0.3, -0.25) is 9.79 Å². The zero-order valence-corrected chi connectivity index (χ0v) is 20.8. The number of imidazole rings is 1. The molecule has 0 saturated heterocycles. The highest BCUT2D eigenvalue weighted by atomic mass is 127. The number of hydrogen-bond donors (Lipinski definition) is 2. The number of halogens is 1. The molecule has 0 atom stereocenters. The van der Waals surface area contributed by atoms with Gasteiger partial charge in [0.25, 0.3) is 0 Å². The Morgan fingerprint density at radius 3 is 2.90 bits per heavy atom. The van der Waals surface area contributed by atoms with Crippen LogP contribution in [0.4, 0.5) is 0 Å². The number of carbonyl (C=O) groups is 1. The van der Waals surface area contributed by atoms with E-state index in [9.17, 15) is 4.79 Å². The van der Waals surface area contributed by atoms with Crippen LogP contribution in [0.3, 0.4) is 0 Å². The number of rotatable bonds is 5. The summed E-state index contributed by atoms with van der Waals surface area (Å²) in [5.74, 6) is 1.59. The third-order valence-electron chi connectivity index (χ3n) is 5.23. The first-order valence-electron chi connectivity index (χ1n) is 9.98. The van der Waals surface area contributed by atoms with Gasteiger partial charge in [-0.25, -0.2) is 4.98 Å². The van der Waals surface area contributed by atoms with Crippen LogP contribution >= 0.6 is 35.3 Å². The molecule has 31 heavy (non-hydrogen) atoms. The third-order valence-corrected chi connectivity index (χ3v) is 6.25. The predicted molar refractivity (Wildman–Crippen MR) is 136 cm³/mol. The van der Waals surface area contributed by atoms with E-state index in [0.717, 1.165) is 30.0 Å². The van der Waals surface area contributed by atoms with Gasteiger partial charge in [-0.15, -0.1) is 35.3 Å². The number of aliphatic imine (C=N–C) groups is 1. The maximum absolute atomic E-state index is 12.7. The van der Waals surface area contributed by atoms with Crippen molar-refractivity contribution in [3.63, 3.8) is 0 Å². The van der Waals surface area contributed by atoms with Crippen molar-refractivity contribution in [3.05, 3.63) is 64.2 Å². The van der Waals surface area contributed by atoms with E-state index in [1.54, 1.807) is 18.4 Å². The van der Waals surface area contributed by atoms with E-state index >= 15 is 0 Å². The summed E-state index contributed by atoms with van der Waals surface area (Å²) < 4.78 is 0. The number of thiophene rings is 1. The molecule has 9 heteroatoms. The molecule has 2 aromatic heterocycles. The quantitative estimate of drug-likeness (QED) is 0.290. The van der Waals surface area contributed by atoms with Gasteiger partial charge in [-0.05, 0) is 29.0 Å². The number of guanidine groups is 1. The number of amides is 1. The highest BCUT2D eigenvalue weighted by Gasteiger charge is 2.21. The number of aromatic nitrogens is 2. The normalized spacial score (nSPS) is 13.4. The molecular formula is C22H27IN6OS. The maximum atomic E-state index is 12.7. The molecule has 1 amide bonds. The van der Waals surface area contributed by atoms with Crippen molar-refractivity contribution < 1.29 is 4.79 Å². The van der Waals surface area contributed by atoms with Crippen LogP contribution in [0.25, 0.3) is 11.3 Å². The number of nitrogens with zero attached hydrogens (tertiary/aromatic N) is 4. The number of H-pyrrole nitrogens is 1. The summed E-state index contributed by atoms with van der Waals surface area (Å²) in [6.45, 7) is 2.26. The van der Waals surface area contributed by atoms with Gasteiger partial charge in [-0.1, -0.05) is 30.3 Å². The fraction of sp³-hybridized carbons (Fsp3) is 0.318. The van der Waals surface area contributed by atoms with Crippen molar-refractivity contribution >= 4 is 47.2 Å². The number of nitrogens with one attached hydrogen (secondary N) is 2. The molecule has 0 bridgehead atoms. The molecule has 0 fully saturated rings. The summed E-state index contributed by atoms with van der Waals surface area (Å²) in [6.07, 6.45) is 2.78. The minimum absolute atomic E-state index is 0. The zero-order chi connectivity index (χ0) is 20.9. The largest absolute Gasteiger partial charge is 0.347 e. The van der Waals surface area contributed by atoms with Crippen molar-refractivity contribution in [2.24, 2.45) is 4.99 Å². The summed E-state index contributed by atoms with van der Waals surface area (Å²) in [7, 11) is 3.66. The summed E-state index contributed by atoms with van der Waals surface area (Å²) in [4.78, 5) is 30.1. The van der Waals surface area contributed by atoms with E-state index < -0.39 is 0 Å². The molecular weight excluding hydrogens is 523 g/mol. The second kappa shape index (κ2) is 10.8. The van der Waals surface area contributed by atoms with Crippen molar-refractivity contribution in [3.8, 4) is 11.3 Å². The van der Waals surface area contributed by atoms with Gasteiger partial charge in [-0.2, -0.15) is 0 Å². The second-order valence-corrected chi connectivity index (χ2v) is 8.30. The molecule has 0 aliphatic carbocycles. The Morgan fingerprint density at radius 2 is 2.13 bits per heavy atom. The first kappa shape index (κ1) is 23.3. The molecule has 0 radical (unpaired) electrons. The molecule has 1 aliphatic rings. The topological polar surface area (TPSA) is 76.6 Å². The van der Waals surface area contributed by atoms with Gasteiger partial charge in [0.1, 0.15) is 5.82 Å². The van der Waals surface area contributed by atoms with Crippen molar-refractivity contribution in [1.82, 2.24) is 25.1 Å². The van der Waals surface area contributed by atoms with Gasteiger partial charge < -0.3 is 20.1 Å². The third kappa shape index (κ3) is 5.65. The lowest BCUT2D eigenvalue weighted by atomic mass is 10.1. The first-order valence-corrected chi connectivity index (χ1v) is 10.9. The molecule has 0 unspecified atom stereocenters. The molecule has 0 spiro atoms. The van der Waals surface area contributed by atoms with Crippen LogP contribution < -0.4 is 5.32 Å². The highest BCUT2D eigenvalue weighted by molar-refractivity contribution is 14.0.